The van der Waals surface area contributed by atoms with Gasteiger partial charge in [0.1, 0.15) is 5.82 Å². The third kappa shape index (κ3) is 5.26. The highest BCUT2D eigenvalue weighted by Gasteiger charge is 2.31. The predicted octanol–water partition coefficient (Wildman–Crippen LogP) is 4.32. The molecule has 1 aliphatic carbocycles. The van der Waals surface area contributed by atoms with Gasteiger partial charge in [-0.2, -0.15) is 8.78 Å². The number of hydrogen-bond donors (Lipinski definition) is 1. The molecule has 1 amide bonds. The lowest BCUT2D eigenvalue weighted by Crippen LogP contribution is -2.33. The first-order valence-corrected chi connectivity index (χ1v) is 9.12. The van der Waals surface area contributed by atoms with Crippen LogP contribution in [0.15, 0.2) is 53.4 Å². The van der Waals surface area contributed by atoms with Gasteiger partial charge in [-0.1, -0.05) is 36.0 Å². The molecular weight excluding hydrogens is 379 g/mol. The number of halogens is 3. The zero-order valence-electron chi connectivity index (χ0n) is 14.0. The van der Waals surface area contributed by atoms with Crippen LogP contribution in [0.2, 0.25) is 0 Å². The Morgan fingerprint density at radius 1 is 1.07 bits per heavy atom. The van der Waals surface area contributed by atoms with Crippen LogP contribution < -0.4 is 5.32 Å². The van der Waals surface area contributed by atoms with Crippen molar-refractivity contribution in [1.29, 1.82) is 0 Å². The first-order valence-electron chi connectivity index (χ1n) is 8.24. The number of hydrogen-bond acceptors (Lipinski definition) is 4. The highest BCUT2D eigenvalue weighted by atomic mass is 32.2. The van der Waals surface area contributed by atoms with Gasteiger partial charge in [0.05, 0.1) is 5.56 Å². The van der Waals surface area contributed by atoms with Crippen LogP contribution in [0.3, 0.4) is 0 Å². The van der Waals surface area contributed by atoms with Gasteiger partial charge in [-0.05, 0) is 37.1 Å². The van der Waals surface area contributed by atoms with E-state index in [-0.39, 0.29) is 28.3 Å². The van der Waals surface area contributed by atoms with Crippen LogP contribution in [0.1, 0.15) is 34.9 Å². The third-order valence-corrected chi connectivity index (χ3v) is 4.67. The van der Waals surface area contributed by atoms with Gasteiger partial charge in [-0.3, -0.25) is 4.79 Å². The number of carbonyl (C=O) groups excluding carboxylic acids is 2. The minimum Gasteiger partial charge on any atom is -0.444 e. The maximum absolute atomic E-state index is 13.2. The normalized spacial score (nSPS) is 14.7. The SMILES string of the molecule is O=C(O[C@@H](C(=O)NC1CC1)c1ccc(F)cc1)c1ccccc1SC(F)F. The van der Waals surface area contributed by atoms with Crippen LogP contribution >= 0.6 is 11.8 Å². The van der Waals surface area contributed by atoms with Crippen molar-refractivity contribution in [3.8, 4) is 0 Å². The Hall–Kier alpha value is -2.48. The summed E-state index contributed by atoms with van der Waals surface area (Å²) in [4.78, 5) is 25.1. The average molecular weight is 395 g/mol. The lowest BCUT2D eigenvalue weighted by Gasteiger charge is -2.19. The summed E-state index contributed by atoms with van der Waals surface area (Å²) in [6.45, 7) is 0. The maximum atomic E-state index is 13.2. The number of alkyl halides is 2. The molecule has 0 saturated heterocycles. The second-order valence-corrected chi connectivity index (χ2v) is 7.03. The molecule has 2 aromatic carbocycles. The summed E-state index contributed by atoms with van der Waals surface area (Å²) < 4.78 is 44.0. The van der Waals surface area contributed by atoms with Gasteiger partial charge in [0.15, 0.2) is 0 Å². The van der Waals surface area contributed by atoms with Crippen LogP contribution in [-0.4, -0.2) is 23.7 Å². The highest BCUT2D eigenvalue weighted by Crippen LogP contribution is 2.30. The fraction of sp³-hybridized carbons (Fsp3) is 0.263. The van der Waals surface area contributed by atoms with Crippen LogP contribution in [0, 0.1) is 5.82 Å². The van der Waals surface area contributed by atoms with Gasteiger partial charge in [0.2, 0.25) is 6.10 Å². The molecule has 1 fully saturated rings. The topological polar surface area (TPSA) is 55.4 Å². The Balaban J connectivity index is 1.84. The molecular formula is C19H16F3NO3S. The molecule has 0 aromatic heterocycles. The first kappa shape index (κ1) is 19.3. The zero-order chi connectivity index (χ0) is 19.4. The number of esters is 1. The number of rotatable bonds is 7. The van der Waals surface area contributed by atoms with Crippen molar-refractivity contribution in [2.75, 3.05) is 0 Å². The largest absolute Gasteiger partial charge is 0.444 e. The smallest absolute Gasteiger partial charge is 0.340 e. The van der Waals surface area contributed by atoms with Gasteiger partial charge in [-0.25, -0.2) is 9.18 Å². The predicted molar refractivity (Wildman–Crippen MR) is 94.0 cm³/mol. The van der Waals surface area contributed by atoms with Crippen LogP contribution in [0.25, 0.3) is 0 Å². The summed E-state index contributed by atoms with van der Waals surface area (Å²) in [5.74, 6) is -4.63. The van der Waals surface area contributed by atoms with Crippen molar-refractivity contribution < 1.29 is 27.5 Å². The Morgan fingerprint density at radius 3 is 2.37 bits per heavy atom. The number of carbonyl (C=O) groups is 2. The summed E-state index contributed by atoms with van der Waals surface area (Å²) in [5.41, 5.74) is 0.232. The van der Waals surface area contributed by atoms with E-state index in [2.05, 4.69) is 5.32 Å². The molecule has 2 aromatic rings. The van der Waals surface area contributed by atoms with Crippen LogP contribution in [-0.2, 0) is 9.53 Å². The molecule has 0 spiro atoms. The number of amides is 1. The lowest BCUT2D eigenvalue weighted by atomic mass is 10.1. The minimum absolute atomic E-state index is 0.0285. The Bertz CT molecular complexity index is 825. The molecule has 0 bridgehead atoms. The fourth-order valence-electron chi connectivity index (χ4n) is 2.42. The molecule has 27 heavy (non-hydrogen) atoms. The number of benzene rings is 2. The monoisotopic (exact) mass is 395 g/mol. The van der Waals surface area contributed by atoms with Crippen molar-refractivity contribution in [1.82, 2.24) is 5.32 Å². The van der Waals surface area contributed by atoms with Gasteiger partial charge in [-0.15, -0.1) is 0 Å². The Kier molecular flexibility index (Phi) is 6.05. The van der Waals surface area contributed by atoms with E-state index < -0.39 is 29.6 Å². The second-order valence-electron chi connectivity index (χ2n) is 5.99. The molecule has 8 heteroatoms. The number of ether oxygens (including phenoxy) is 1. The van der Waals surface area contributed by atoms with Crippen molar-refractivity contribution >= 4 is 23.6 Å². The van der Waals surface area contributed by atoms with E-state index in [1.807, 2.05) is 0 Å². The van der Waals surface area contributed by atoms with Crippen LogP contribution in [0.4, 0.5) is 13.2 Å². The van der Waals surface area contributed by atoms with Gasteiger partial charge < -0.3 is 10.1 Å². The summed E-state index contributed by atoms with van der Waals surface area (Å²) in [6.07, 6.45) is 0.371. The standard InChI is InChI=1S/C19H16F3NO3S/c20-12-7-5-11(6-8-12)16(17(24)23-13-9-10-13)26-18(25)14-3-1-2-4-15(14)27-19(21)22/h1-8,13,16,19H,9-10H2,(H,23,24)/t16-/m1/s1. The molecule has 0 aliphatic heterocycles. The summed E-state index contributed by atoms with van der Waals surface area (Å²) in [5, 5.41) is 2.74. The van der Waals surface area contributed by atoms with E-state index >= 15 is 0 Å². The van der Waals surface area contributed by atoms with Crippen LogP contribution in [0.5, 0.6) is 0 Å². The molecule has 0 heterocycles. The fourth-order valence-corrected chi connectivity index (χ4v) is 3.05. The van der Waals surface area contributed by atoms with Gasteiger partial charge in [0.25, 0.3) is 11.7 Å². The third-order valence-electron chi connectivity index (χ3n) is 3.88. The lowest BCUT2D eigenvalue weighted by molar-refractivity contribution is -0.130. The molecule has 0 radical (unpaired) electrons. The highest BCUT2D eigenvalue weighted by molar-refractivity contribution is 7.99. The van der Waals surface area contributed by atoms with Crippen molar-refractivity contribution in [2.24, 2.45) is 0 Å². The van der Waals surface area contributed by atoms with E-state index in [9.17, 15) is 22.8 Å². The summed E-state index contributed by atoms with van der Waals surface area (Å²) in [6, 6.07) is 10.8. The average Bonchev–Trinajstić information content (AvgIpc) is 3.44. The molecule has 1 N–H and O–H groups in total. The Labute approximate surface area is 158 Å². The number of thioether (sulfide) groups is 1. The quantitative estimate of drug-likeness (QED) is 0.561. The summed E-state index contributed by atoms with van der Waals surface area (Å²) >= 11 is 0.223. The maximum Gasteiger partial charge on any atom is 0.340 e. The molecule has 3 rings (SSSR count). The molecule has 142 valence electrons. The van der Waals surface area contributed by atoms with Crippen molar-refractivity contribution in [3.63, 3.8) is 0 Å². The van der Waals surface area contributed by atoms with Crippen molar-refractivity contribution in [2.45, 2.75) is 35.6 Å². The molecule has 4 nitrogen and oxygen atoms in total. The first-order chi connectivity index (χ1) is 12.9. The second kappa shape index (κ2) is 8.47. The molecule has 1 saturated carbocycles. The number of nitrogens with one attached hydrogen (secondary N) is 1. The molecule has 1 aliphatic rings. The Morgan fingerprint density at radius 2 is 1.74 bits per heavy atom. The minimum atomic E-state index is -2.70. The van der Waals surface area contributed by atoms with E-state index in [0.717, 1.165) is 25.0 Å². The van der Waals surface area contributed by atoms with E-state index in [1.165, 1.54) is 36.4 Å². The van der Waals surface area contributed by atoms with Gasteiger partial charge in [0, 0.05) is 16.5 Å². The van der Waals surface area contributed by atoms with E-state index in [4.69, 9.17) is 4.74 Å². The van der Waals surface area contributed by atoms with E-state index in [1.54, 1.807) is 0 Å². The molecule has 0 unspecified atom stereocenters. The summed E-state index contributed by atoms with van der Waals surface area (Å²) in [7, 11) is 0. The molecule has 1 atom stereocenters. The van der Waals surface area contributed by atoms with E-state index in [0.29, 0.717) is 5.56 Å². The zero-order valence-corrected chi connectivity index (χ0v) is 14.8. The van der Waals surface area contributed by atoms with Crippen molar-refractivity contribution in [3.05, 3.63) is 65.5 Å². The van der Waals surface area contributed by atoms with Gasteiger partial charge >= 0.3 is 5.97 Å².